The number of aromatic nitrogens is 2. The summed E-state index contributed by atoms with van der Waals surface area (Å²) < 4.78 is 0. The van der Waals surface area contributed by atoms with Crippen molar-refractivity contribution in [3.8, 4) is 0 Å². The van der Waals surface area contributed by atoms with Crippen LogP contribution in [0, 0.1) is 0 Å². The van der Waals surface area contributed by atoms with Crippen LogP contribution in [-0.2, 0) is 11.2 Å². The number of hydrogen-bond donors (Lipinski definition) is 2. The van der Waals surface area contributed by atoms with Crippen molar-refractivity contribution < 1.29 is 4.79 Å². The first-order chi connectivity index (χ1) is 14.2. The van der Waals surface area contributed by atoms with E-state index in [2.05, 4.69) is 48.4 Å². The lowest BCUT2D eigenvalue weighted by Crippen LogP contribution is -2.53. The van der Waals surface area contributed by atoms with Crippen LogP contribution in [0.25, 0.3) is 0 Å². The zero-order chi connectivity index (χ0) is 20.5. The Balaban J connectivity index is 0.00000320. The van der Waals surface area contributed by atoms with Gasteiger partial charge in [-0.3, -0.25) is 4.79 Å². The van der Waals surface area contributed by atoms with Gasteiger partial charge >= 0.3 is 0 Å². The van der Waals surface area contributed by atoms with Crippen LogP contribution in [0.5, 0.6) is 0 Å². The molecule has 3 rings (SSSR count). The Bertz CT molecular complexity index is 823. The minimum Gasteiger partial charge on any atom is -0.357 e. The van der Waals surface area contributed by atoms with Gasteiger partial charge in [-0.05, 0) is 37.1 Å². The van der Waals surface area contributed by atoms with Crippen LogP contribution in [0.2, 0.25) is 0 Å². The predicted octanol–water partition coefficient (Wildman–Crippen LogP) is 2.38. The molecule has 0 spiro atoms. The van der Waals surface area contributed by atoms with Crippen LogP contribution in [-0.4, -0.2) is 66.0 Å². The molecule has 2 heterocycles. The van der Waals surface area contributed by atoms with E-state index in [0.29, 0.717) is 0 Å². The van der Waals surface area contributed by atoms with E-state index < -0.39 is 0 Å². The van der Waals surface area contributed by atoms with Gasteiger partial charge in [0.15, 0.2) is 5.96 Å². The Morgan fingerprint density at radius 2 is 1.83 bits per heavy atom. The predicted molar refractivity (Wildman–Crippen MR) is 132 cm³/mol. The molecule has 8 nitrogen and oxygen atoms in total. The zero-order valence-corrected chi connectivity index (χ0v) is 19.9. The number of benzene rings is 1. The maximum atomic E-state index is 12.4. The number of nitrogens with zero attached hydrogens (tertiary/aromatic N) is 5. The fourth-order valence-electron chi connectivity index (χ4n) is 3.21. The summed E-state index contributed by atoms with van der Waals surface area (Å²) in [5.74, 6) is 1.39. The van der Waals surface area contributed by atoms with Crippen LogP contribution < -0.4 is 15.5 Å². The van der Waals surface area contributed by atoms with E-state index in [4.69, 9.17) is 0 Å². The molecule has 1 aliphatic rings. The molecule has 162 valence electrons. The van der Waals surface area contributed by atoms with Crippen LogP contribution in [0.4, 0.5) is 11.6 Å². The van der Waals surface area contributed by atoms with E-state index in [-0.39, 0.29) is 36.4 Å². The van der Waals surface area contributed by atoms with Gasteiger partial charge in [-0.2, -0.15) is 0 Å². The number of rotatable bonds is 6. The van der Waals surface area contributed by atoms with E-state index in [9.17, 15) is 4.79 Å². The molecule has 1 saturated heterocycles. The molecule has 0 unspecified atom stereocenters. The van der Waals surface area contributed by atoms with Gasteiger partial charge in [0.05, 0.1) is 0 Å². The van der Waals surface area contributed by atoms with Crippen molar-refractivity contribution in [2.75, 3.05) is 49.5 Å². The number of aliphatic imine (C=N–C) groups is 1. The van der Waals surface area contributed by atoms with Crippen LogP contribution in [0.15, 0.2) is 47.7 Å². The van der Waals surface area contributed by atoms with Crippen molar-refractivity contribution in [3.63, 3.8) is 0 Å². The van der Waals surface area contributed by atoms with Crippen molar-refractivity contribution in [1.82, 2.24) is 20.2 Å². The summed E-state index contributed by atoms with van der Waals surface area (Å²) in [7, 11) is 0. The standard InChI is InChI=1S/C21H29N7O.HI/c1-3-17-7-5-8-18(15-17)26-19(29)16-25-20(22-4-2)27-11-13-28(14-12-27)21-23-9-6-10-24-21;/h5-10,15H,3-4,11-14,16H2,1-2H3,(H,22,25)(H,26,29);1H. The highest BCUT2D eigenvalue weighted by Gasteiger charge is 2.21. The smallest absolute Gasteiger partial charge is 0.246 e. The molecule has 2 N–H and O–H groups in total. The fraction of sp³-hybridized carbons (Fsp3) is 0.429. The third-order valence-electron chi connectivity index (χ3n) is 4.74. The Kier molecular flexibility index (Phi) is 9.78. The second kappa shape index (κ2) is 12.3. The van der Waals surface area contributed by atoms with Gasteiger partial charge in [0.1, 0.15) is 6.54 Å². The second-order valence-corrected chi connectivity index (χ2v) is 6.80. The van der Waals surface area contributed by atoms with Crippen LogP contribution >= 0.6 is 24.0 Å². The van der Waals surface area contributed by atoms with Gasteiger partial charge in [0.25, 0.3) is 0 Å². The van der Waals surface area contributed by atoms with Crippen molar-refractivity contribution in [2.45, 2.75) is 20.3 Å². The summed E-state index contributed by atoms with van der Waals surface area (Å²) in [6.45, 7) is 8.17. The highest BCUT2D eigenvalue weighted by Crippen LogP contribution is 2.12. The van der Waals surface area contributed by atoms with E-state index in [1.165, 1.54) is 5.56 Å². The summed E-state index contributed by atoms with van der Waals surface area (Å²) in [5, 5.41) is 6.22. The van der Waals surface area contributed by atoms with Gasteiger partial charge in [0.2, 0.25) is 11.9 Å². The van der Waals surface area contributed by atoms with E-state index >= 15 is 0 Å². The topological polar surface area (TPSA) is 85.8 Å². The number of carbonyl (C=O) groups excluding carboxylic acids is 1. The van der Waals surface area contributed by atoms with Crippen molar-refractivity contribution in [1.29, 1.82) is 0 Å². The lowest BCUT2D eigenvalue weighted by molar-refractivity contribution is -0.114. The van der Waals surface area contributed by atoms with Gasteiger partial charge in [-0.1, -0.05) is 19.1 Å². The Morgan fingerprint density at radius 3 is 2.50 bits per heavy atom. The number of aryl methyl sites for hydroxylation is 1. The molecule has 9 heteroatoms. The molecule has 1 fully saturated rings. The number of nitrogens with one attached hydrogen (secondary N) is 2. The van der Waals surface area contributed by atoms with Crippen molar-refractivity contribution in [3.05, 3.63) is 48.3 Å². The molecule has 1 aromatic heterocycles. The molecular formula is C21H30IN7O. The first-order valence-corrected chi connectivity index (χ1v) is 10.1. The first kappa shape index (κ1) is 23.8. The Hall–Kier alpha value is -2.43. The monoisotopic (exact) mass is 523 g/mol. The number of hydrogen-bond acceptors (Lipinski definition) is 5. The molecule has 0 radical (unpaired) electrons. The quantitative estimate of drug-likeness (QED) is 0.344. The first-order valence-electron chi connectivity index (χ1n) is 10.1. The highest BCUT2D eigenvalue weighted by molar-refractivity contribution is 14.0. The number of piperazine rings is 1. The summed E-state index contributed by atoms with van der Waals surface area (Å²) >= 11 is 0. The number of carbonyl (C=O) groups is 1. The highest BCUT2D eigenvalue weighted by atomic mass is 127. The Morgan fingerprint density at radius 1 is 1.10 bits per heavy atom. The number of halogens is 1. The molecule has 1 amide bonds. The lowest BCUT2D eigenvalue weighted by atomic mass is 10.1. The third kappa shape index (κ3) is 6.82. The number of anilines is 2. The van der Waals surface area contributed by atoms with E-state index in [0.717, 1.165) is 56.7 Å². The van der Waals surface area contributed by atoms with Gasteiger partial charge < -0.3 is 20.4 Å². The van der Waals surface area contributed by atoms with Crippen LogP contribution in [0.3, 0.4) is 0 Å². The fourth-order valence-corrected chi connectivity index (χ4v) is 3.21. The maximum Gasteiger partial charge on any atom is 0.246 e. The van der Waals surface area contributed by atoms with Gasteiger partial charge in [-0.15, -0.1) is 24.0 Å². The molecule has 0 atom stereocenters. The van der Waals surface area contributed by atoms with Crippen LogP contribution in [0.1, 0.15) is 19.4 Å². The molecule has 1 aliphatic heterocycles. The molecule has 0 bridgehead atoms. The number of amides is 1. The normalized spacial score (nSPS) is 14.1. The van der Waals surface area contributed by atoms with E-state index in [1.807, 2.05) is 31.2 Å². The Labute approximate surface area is 195 Å². The molecule has 0 aliphatic carbocycles. The zero-order valence-electron chi connectivity index (χ0n) is 17.5. The minimum absolute atomic E-state index is 0. The SMILES string of the molecule is CCNC(=NCC(=O)Nc1cccc(CC)c1)N1CCN(c2ncccn2)CC1.I. The average Bonchev–Trinajstić information content (AvgIpc) is 2.77. The summed E-state index contributed by atoms with van der Waals surface area (Å²) in [5.41, 5.74) is 2.01. The second-order valence-electron chi connectivity index (χ2n) is 6.80. The molecule has 30 heavy (non-hydrogen) atoms. The average molecular weight is 523 g/mol. The van der Waals surface area contributed by atoms with E-state index in [1.54, 1.807) is 12.4 Å². The summed E-state index contributed by atoms with van der Waals surface area (Å²) in [4.78, 5) is 29.9. The van der Waals surface area contributed by atoms with Crippen molar-refractivity contribution in [2.24, 2.45) is 4.99 Å². The lowest BCUT2D eigenvalue weighted by Gasteiger charge is -2.36. The molecule has 0 saturated carbocycles. The third-order valence-corrected chi connectivity index (χ3v) is 4.74. The largest absolute Gasteiger partial charge is 0.357 e. The van der Waals surface area contributed by atoms with Gasteiger partial charge in [0, 0.05) is 50.8 Å². The number of guanidine groups is 1. The maximum absolute atomic E-state index is 12.4. The van der Waals surface area contributed by atoms with Gasteiger partial charge in [-0.25, -0.2) is 15.0 Å². The molecule has 2 aromatic rings. The summed E-state index contributed by atoms with van der Waals surface area (Å²) in [6.07, 6.45) is 4.45. The van der Waals surface area contributed by atoms with Crippen molar-refractivity contribution >= 4 is 47.5 Å². The molecule has 1 aromatic carbocycles. The molecular weight excluding hydrogens is 493 g/mol. The summed E-state index contributed by atoms with van der Waals surface area (Å²) in [6, 6.07) is 9.72. The minimum atomic E-state index is -0.120.